The highest BCUT2D eigenvalue weighted by Gasteiger charge is 2.23. The van der Waals surface area contributed by atoms with Crippen LogP contribution in [-0.2, 0) is 11.3 Å². The van der Waals surface area contributed by atoms with Gasteiger partial charge in [0.2, 0.25) is 0 Å². The van der Waals surface area contributed by atoms with Gasteiger partial charge < -0.3 is 20.9 Å². The zero-order valence-corrected chi connectivity index (χ0v) is 14.7. The molecule has 2 heterocycles. The second-order valence-corrected chi connectivity index (χ2v) is 7.39. The molecule has 1 aromatic rings. The third-order valence-electron chi connectivity index (χ3n) is 4.86. The molecule has 24 heavy (non-hydrogen) atoms. The number of anilines is 2. The number of nitrogens with two attached hydrogens (primary N) is 1. The Hall–Kier alpha value is -1.37. The Balaban J connectivity index is 1.63. The van der Waals surface area contributed by atoms with Gasteiger partial charge in [0.05, 0.1) is 18.3 Å². The molecule has 134 valence electrons. The molecule has 0 aromatic carbocycles. The molecule has 0 bridgehead atoms. The first-order valence-electron chi connectivity index (χ1n) is 9.07. The van der Waals surface area contributed by atoms with Gasteiger partial charge in [0, 0.05) is 25.7 Å². The van der Waals surface area contributed by atoms with Crippen LogP contribution in [0, 0.1) is 0 Å². The number of hydrogen-bond acceptors (Lipinski definition) is 6. The maximum absolute atomic E-state index is 9.63. The molecule has 2 fully saturated rings. The van der Waals surface area contributed by atoms with E-state index in [-0.39, 0.29) is 18.3 Å². The number of morpholine rings is 1. The molecule has 0 unspecified atom stereocenters. The molecule has 1 aromatic heterocycles. The molecule has 4 N–H and O–H groups in total. The smallest absolute Gasteiger partial charge is 0.128 e. The van der Waals surface area contributed by atoms with Crippen molar-refractivity contribution in [1.29, 1.82) is 0 Å². The van der Waals surface area contributed by atoms with Crippen molar-refractivity contribution in [3.8, 4) is 0 Å². The number of pyridine rings is 1. The standard InChI is InChI=1S/C18H30N4O2/c1-12-9-22(10-13(2)24-12)11-14-7-17(19)21-18(8-14)20-15-3-5-16(23)6-4-15/h7-8,12-13,15-16,23H,3-6,9-11H2,1-2H3,(H3,19,20,21)/t12-,13+,15-,16-. The van der Waals surface area contributed by atoms with Gasteiger partial charge in [0.1, 0.15) is 11.6 Å². The molecule has 1 aliphatic heterocycles. The summed E-state index contributed by atoms with van der Waals surface area (Å²) in [6.45, 7) is 6.98. The van der Waals surface area contributed by atoms with E-state index in [2.05, 4.69) is 35.1 Å². The van der Waals surface area contributed by atoms with Crippen LogP contribution in [0.25, 0.3) is 0 Å². The second-order valence-electron chi connectivity index (χ2n) is 7.39. The van der Waals surface area contributed by atoms with Crippen LogP contribution in [0.4, 0.5) is 11.6 Å². The summed E-state index contributed by atoms with van der Waals surface area (Å²) < 4.78 is 5.80. The van der Waals surface area contributed by atoms with Gasteiger partial charge in [0.15, 0.2) is 0 Å². The molecule has 0 spiro atoms. The molecule has 2 atom stereocenters. The van der Waals surface area contributed by atoms with E-state index < -0.39 is 0 Å². The minimum Gasteiger partial charge on any atom is -0.393 e. The van der Waals surface area contributed by atoms with E-state index >= 15 is 0 Å². The maximum Gasteiger partial charge on any atom is 0.128 e. The Kier molecular flexibility index (Phi) is 5.58. The Morgan fingerprint density at radius 3 is 2.54 bits per heavy atom. The van der Waals surface area contributed by atoms with Crippen molar-refractivity contribution in [3.05, 3.63) is 17.7 Å². The van der Waals surface area contributed by atoms with E-state index in [0.29, 0.717) is 11.9 Å². The number of nitrogens with one attached hydrogen (secondary N) is 1. The molecule has 1 saturated carbocycles. The summed E-state index contributed by atoms with van der Waals surface area (Å²) in [6, 6.07) is 4.44. The van der Waals surface area contributed by atoms with Crippen LogP contribution < -0.4 is 11.1 Å². The molecule has 6 heteroatoms. The van der Waals surface area contributed by atoms with Crippen molar-refractivity contribution >= 4 is 11.6 Å². The first-order valence-corrected chi connectivity index (χ1v) is 9.07. The number of nitrogen functional groups attached to an aromatic ring is 1. The number of nitrogens with zero attached hydrogens (tertiary/aromatic N) is 2. The van der Waals surface area contributed by atoms with Crippen LogP contribution >= 0.6 is 0 Å². The van der Waals surface area contributed by atoms with Gasteiger partial charge in [-0.05, 0) is 57.2 Å². The third-order valence-corrected chi connectivity index (χ3v) is 4.86. The summed E-state index contributed by atoms with van der Waals surface area (Å²) in [7, 11) is 0. The summed E-state index contributed by atoms with van der Waals surface area (Å²) in [5, 5.41) is 13.1. The van der Waals surface area contributed by atoms with Gasteiger partial charge in [0.25, 0.3) is 0 Å². The van der Waals surface area contributed by atoms with E-state index in [1.165, 1.54) is 5.56 Å². The van der Waals surface area contributed by atoms with Gasteiger partial charge in [-0.1, -0.05) is 0 Å². The van der Waals surface area contributed by atoms with Gasteiger partial charge in [-0.3, -0.25) is 4.90 Å². The number of ether oxygens (including phenoxy) is 1. The SMILES string of the molecule is C[C@@H]1CN(Cc2cc(N)nc(N[C@H]3CC[C@H](O)CC3)c2)C[C@H](C)O1. The lowest BCUT2D eigenvalue weighted by atomic mass is 9.93. The number of hydrogen-bond donors (Lipinski definition) is 3. The van der Waals surface area contributed by atoms with Gasteiger partial charge in [-0.15, -0.1) is 0 Å². The van der Waals surface area contributed by atoms with Crippen LogP contribution in [-0.4, -0.2) is 52.4 Å². The fourth-order valence-electron chi connectivity index (χ4n) is 3.88. The minimum atomic E-state index is -0.141. The molecule has 2 aliphatic rings. The molecular weight excluding hydrogens is 304 g/mol. The number of aliphatic hydroxyl groups excluding tert-OH is 1. The fraction of sp³-hybridized carbons (Fsp3) is 0.722. The first-order chi connectivity index (χ1) is 11.5. The van der Waals surface area contributed by atoms with Crippen molar-refractivity contribution in [2.24, 2.45) is 0 Å². The van der Waals surface area contributed by atoms with E-state index in [9.17, 15) is 5.11 Å². The first kappa shape index (κ1) is 17.5. The highest BCUT2D eigenvalue weighted by Crippen LogP contribution is 2.23. The van der Waals surface area contributed by atoms with Crippen LogP contribution in [0.3, 0.4) is 0 Å². The molecule has 1 saturated heterocycles. The Morgan fingerprint density at radius 2 is 1.88 bits per heavy atom. The fourth-order valence-corrected chi connectivity index (χ4v) is 3.88. The highest BCUT2D eigenvalue weighted by molar-refractivity contribution is 5.47. The van der Waals surface area contributed by atoms with Crippen molar-refractivity contribution in [3.63, 3.8) is 0 Å². The predicted octanol–water partition coefficient (Wildman–Crippen LogP) is 1.99. The summed E-state index contributed by atoms with van der Waals surface area (Å²) in [5.41, 5.74) is 7.19. The third kappa shape index (κ3) is 4.82. The van der Waals surface area contributed by atoms with Gasteiger partial charge in [-0.25, -0.2) is 4.98 Å². The summed E-state index contributed by atoms with van der Waals surface area (Å²) in [4.78, 5) is 6.84. The molecule has 1 aliphatic carbocycles. The molecule has 0 amide bonds. The molecule has 0 radical (unpaired) electrons. The van der Waals surface area contributed by atoms with Crippen LogP contribution in [0.1, 0.15) is 45.1 Å². The zero-order valence-electron chi connectivity index (χ0n) is 14.7. The average Bonchev–Trinajstić information content (AvgIpc) is 2.48. The van der Waals surface area contributed by atoms with Crippen LogP contribution in [0.15, 0.2) is 12.1 Å². The topological polar surface area (TPSA) is 83.6 Å². The van der Waals surface area contributed by atoms with Gasteiger partial charge in [-0.2, -0.15) is 0 Å². The summed E-state index contributed by atoms with van der Waals surface area (Å²) >= 11 is 0. The monoisotopic (exact) mass is 334 g/mol. The Morgan fingerprint density at radius 1 is 1.21 bits per heavy atom. The zero-order chi connectivity index (χ0) is 17.1. The number of aromatic nitrogens is 1. The summed E-state index contributed by atoms with van der Waals surface area (Å²) in [6.07, 6.45) is 4.06. The summed E-state index contributed by atoms with van der Waals surface area (Å²) in [5.74, 6) is 1.40. The number of aliphatic hydroxyl groups is 1. The molecular formula is C18H30N4O2. The van der Waals surface area contributed by atoms with E-state index in [4.69, 9.17) is 10.5 Å². The van der Waals surface area contributed by atoms with E-state index in [1.54, 1.807) is 0 Å². The maximum atomic E-state index is 9.63. The van der Waals surface area contributed by atoms with Gasteiger partial charge >= 0.3 is 0 Å². The lowest BCUT2D eigenvalue weighted by Crippen LogP contribution is -2.44. The molecule has 6 nitrogen and oxygen atoms in total. The Labute approximate surface area is 144 Å². The van der Waals surface area contributed by atoms with Crippen LogP contribution in [0.2, 0.25) is 0 Å². The van der Waals surface area contributed by atoms with E-state index in [0.717, 1.165) is 51.1 Å². The second kappa shape index (κ2) is 7.68. The van der Waals surface area contributed by atoms with Crippen molar-refractivity contribution in [2.45, 2.75) is 70.4 Å². The average molecular weight is 334 g/mol. The number of rotatable bonds is 4. The van der Waals surface area contributed by atoms with Crippen molar-refractivity contribution < 1.29 is 9.84 Å². The molecule has 3 rings (SSSR count). The minimum absolute atomic E-state index is 0.141. The van der Waals surface area contributed by atoms with Crippen LogP contribution in [0.5, 0.6) is 0 Å². The highest BCUT2D eigenvalue weighted by atomic mass is 16.5. The van der Waals surface area contributed by atoms with Crippen molar-refractivity contribution in [1.82, 2.24) is 9.88 Å². The quantitative estimate of drug-likeness (QED) is 0.781. The predicted molar refractivity (Wildman–Crippen MR) is 95.8 cm³/mol. The lowest BCUT2D eigenvalue weighted by molar-refractivity contribution is -0.0704. The normalized spacial score (nSPS) is 31.8. The largest absolute Gasteiger partial charge is 0.393 e. The lowest BCUT2D eigenvalue weighted by Gasteiger charge is -2.35. The Bertz CT molecular complexity index is 536. The van der Waals surface area contributed by atoms with Crippen molar-refractivity contribution in [2.75, 3.05) is 24.1 Å². The van der Waals surface area contributed by atoms with E-state index in [1.807, 2.05) is 6.07 Å².